The number of fused-ring (bicyclic) bond motifs is 1. The highest BCUT2D eigenvalue weighted by molar-refractivity contribution is 5.95. The molecule has 10 nitrogen and oxygen atoms in total. The molecule has 166 valence electrons. The molecule has 4 aromatic rings. The number of hydrogen-bond acceptors (Lipinski definition) is 6. The number of hydrogen-bond donors (Lipinski definition) is 2. The van der Waals surface area contributed by atoms with Crippen LogP contribution < -0.4 is 4.90 Å². The van der Waals surface area contributed by atoms with Gasteiger partial charge >= 0.3 is 6.09 Å². The number of carbonyl (C=O) groups is 1. The summed E-state index contributed by atoms with van der Waals surface area (Å²) in [6, 6.07) is 1.90. The van der Waals surface area contributed by atoms with Crippen molar-refractivity contribution in [1.82, 2.24) is 34.7 Å². The quantitative estimate of drug-likeness (QED) is 0.480. The van der Waals surface area contributed by atoms with Gasteiger partial charge in [-0.1, -0.05) is 20.8 Å². The number of carboxylic acid groups (broad SMARTS) is 1. The van der Waals surface area contributed by atoms with E-state index in [1.54, 1.807) is 30.9 Å². The fourth-order valence-corrected chi connectivity index (χ4v) is 3.76. The molecule has 2 N–H and O–H groups in total. The van der Waals surface area contributed by atoms with Gasteiger partial charge < -0.3 is 9.67 Å². The number of nitrogens with zero attached hydrogens (tertiary/aromatic N) is 7. The standard InChI is InChI=1S/C22H26N8O2/c1-12(2)29-13(3)27-16-11-23-18(7-17(16)29)30(21(31)32)20-15(22(4,5)6)10-24-19(28-20)14-8-25-26-9-14/h7-12H,1-6H3,(H,25,26)(H,31,32). The number of aromatic nitrogens is 7. The molecule has 0 aliphatic heterocycles. The molecule has 0 spiro atoms. The van der Waals surface area contributed by atoms with E-state index < -0.39 is 11.5 Å². The Morgan fingerprint density at radius 2 is 1.91 bits per heavy atom. The Bertz CT molecular complexity index is 1290. The first-order valence-corrected chi connectivity index (χ1v) is 10.3. The van der Waals surface area contributed by atoms with Crippen LogP contribution >= 0.6 is 0 Å². The van der Waals surface area contributed by atoms with Gasteiger partial charge in [-0.05, 0) is 26.2 Å². The second-order valence-electron chi connectivity index (χ2n) is 8.94. The molecule has 4 heterocycles. The average Bonchev–Trinajstić information content (AvgIpc) is 3.33. The number of anilines is 2. The lowest BCUT2D eigenvalue weighted by Crippen LogP contribution is -2.29. The molecule has 0 unspecified atom stereocenters. The second-order valence-corrected chi connectivity index (χ2v) is 8.94. The van der Waals surface area contributed by atoms with E-state index in [1.165, 1.54) is 0 Å². The van der Waals surface area contributed by atoms with E-state index in [2.05, 4.69) is 48.5 Å². The van der Waals surface area contributed by atoms with E-state index >= 15 is 0 Å². The normalized spacial score (nSPS) is 12.0. The summed E-state index contributed by atoms with van der Waals surface area (Å²) < 4.78 is 2.06. The average molecular weight is 435 g/mol. The summed E-state index contributed by atoms with van der Waals surface area (Å²) in [7, 11) is 0. The second kappa shape index (κ2) is 7.70. The molecule has 0 aliphatic carbocycles. The number of imidazole rings is 1. The van der Waals surface area contributed by atoms with Crippen LogP contribution in [-0.2, 0) is 5.41 Å². The van der Waals surface area contributed by atoms with Crippen LogP contribution in [0.5, 0.6) is 0 Å². The minimum atomic E-state index is -1.19. The topological polar surface area (TPSA) is 126 Å². The summed E-state index contributed by atoms with van der Waals surface area (Å²) in [5.41, 5.74) is 2.47. The fraction of sp³-hybridized carbons (Fsp3) is 0.364. The molecule has 1 amide bonds. The van der Waals surface area contributed by atoms with Crippen LogP contribution in [0.2, 0.25) is 0 Å². The summed E-state index contributed by atoms with van der Waals surface area (Å²) >= 11 is 0. The van der Waals surface area contributed by atoms with Crippen LogP contribution in [-0.4, -0.2) is 45.9 Å². The molecule has 0 saturated heterocycles. The van der Waals surface area contributed by atoms with Crippen LogP contribution in [0.3, 0.4) is 0 Å². The van der Waals surface area contributed by atoms with Crippen LogP contribution in [0, 0.1) is 6.92 Å². The molecule has 4 rings (SSSR count). The molecule has 0 bridgehead atoms. The number of rotatable bonds is 4. The molecular formula is C22H26N8O2. The molecule has 0 radical (unpaired) electrons. The van der Waals surface area contributed by atoms with E-state index in [4.69, 9.17) is 0 Å². The molecule has 0 saturated carbocycles. The Morgan fingerprint density at radius 1 is 1.16 bits per heavy atom. The van der Waals surface area contributed by atoms with Gasteiger partial charge in [0.25, 0.3) is 0 Å². The highest BCUT2D eigenvalue weighted by atomic mass is 16.4. The maximum atomic E-state index is 12.5. The van der Waals surface area contributed by atoms with Crippen LogP contribution in [0.4, 0.5) is 16.4 Å². The number of H-pyrrole nitrogens is 1. The number of amides is 1. The summed E-state index contributed by atoms with van der Waals surface area (Å²) in [5.74, 6) is 1.72. The molecule has 0 aliphatic rings. The van der Waals surface area contributed by atoms with Gasteiger partial charge in [-0.2, -0.15) is 5.10 Å². The van der Waals surface area contributed by atoms with E-state index in [0.29, 0.717) is 22.5 Å². The molecule has 0 atom stereocenters. The number of pyridine rings is 1. The first-order valence-electron chi connectivity index (χ1n) is 10.3. The lowest BCUT2D eigenvalue weighted by Gasteiger charge is -2.26. The van der Waals surface area contributed by atoms with Crippen LogP contribution in [0.25, 0.3) is 22.4 Å². The Hall–Kier alpha value is -3.82. The fourth-order valence-electron chi connectivity index (χ4n) is 3.76. The third-order valence-corrected chi connectivity index (χ3v) is 5.22. The van der Waals surface area contributed by atoms with Gasteiger partial charge in [0, 0.05) is 30.1 Å². The highest BCUT2D eigenvalue weighted by Crippen LogP contribution is 2.35. The maximum absolute atomic E-state index is 12.5. The monoisotopic (exact) mass is 434 g/mol. The first kappa shape index (κ1) is 21.4. The minimum Gasteiger partial charge on any atom is -0.464 e. The van der Waals surface area contributed by atoms with Crippen molar-refractivity contribution in [3.05, 3.63) is 42.2 Å². The summed E-state index contributed by atoms with van der Waals surface area (Å²) in [6.07, 6.45) is 5.33. The predicted molar refractivity (Wildman–Crippen MR) is 121 cm³/mol. The number of aromatic amines is 1. The van der Waals surface area contributed by atoms with Crippen molar-refractivity contribution in [3.63, 3.8) is 0 Å². The van der Waals surface area contributed by atoms with Crippen molar-refractivity contribution in [3.8, 4) is 11.4 Å². The molecule has 0 fully saturated rings. The zero-order valence-electron chi connectivity index (χ0n) is 19.0. The van der Waals surface area contributed by atoms with E-state index in [9.17, 15) is 9.90 Å². The van der Waals surface area contributed by atoms with Gasteiger partial charge in [-0.25, -0.2) is 29.6 Å². The summed E-state index contributed by atoms with van der Waals surface area (Å²) in [5, 5.41) is 16.9. The van der Waals surface area contributed by atoms with Crippen molar-refractivity contribution < 1.29 is 9.90 Å². The zero-order chi connectivity index (χ0) is 23.2. The zero-order valence-corrected chi connectivity index (χ0v) is 19.0. The van der Waals surface area contributed by atoms with Crippen LogP contribution in [0.15, 0.2) is 30.9 Å². The molecular weight excluding hydrogens is 408 g/mol. The highest BCUT2D eigenvalue weighted by Gasteiger charge is 2.30. The van der Waals surface area contributed by atoms with Gasteiger partial charge in [-0.3, -0.25) is 5.10 Å². The van der Waals surface area contributed by atoms with Crippen molar-refractivity contribution in [2.75, 3.05) is 4.90 Å². The predicted octanol–water partition coefficient (Wildman–Crippen LogP) is 4.61. The van der Waals surface area contributed by atoms with Crippen molar-refractivity contribution in [2.24, 2.45) is 0 Å². The van der Waals surface area contributed by atoms with E-state index in [0.717, 1.165) is 16.2 Å². The SMILES string of the molecule is Cc1nc2cnc(N(C(=O)O)c3nc(-c4cn[nH]c4)ncc3C(C)(C)C)cc2n1C(C)C. The first-order chi connectivity index (χ1) is 15.1. The van der Waals surface area contributed by atoms with Crippen molar-refractivity contribution >= 4 is 28.8 Å². The van der Waals surface area contributed by atoms with Crippen molar-refractivity contribution in [1.29, 1.82) is 0 Å². The minimum absolute atomic E-state index is 0.158. The van der Waals surface area contributed by atoms with Gasteiger partial charge in [0.1, 0.15) is 17.2 Å². The summed E-state index contributed by atoms with van der Waals surface area (Å²) in [4.78, 5) is 31.7. The number of nitrogens with one attached hydrogen (secondary N) is 1. The molecule has 32 heavy (non-hydrogen) atoms. The maximum Gasteiger partial charge on any atom is 0.418 e. The van der Waals surface area contributed by atoms with Gasteiger partial charge in [0.05, 0.1) is 23.5 Å². The van der Waals surface area contributed by atoms with Gasteiger partial charge in [0.2, 0.25) is 0 Å². The lowest BCUT2D eigenvalue weighted by atomic mass is 9.88. The Balaban J connectivity index is 1.96. The van der Waals surface area contributed by atoms with Gasteiger partial charge in [0.15, 0.2) is 11.6 Å². The number of aryl methyl sites for hydroxylation is 1. The lowest BCUT2D eigenvalue weighted by molar-refractivity contribution is 0.204. The Morgan fingerprint density at radius 3 is 2.50 bits per heavy atom. The third-order valence-electron chi connectivity index (χ3n) is 5.22. The molecule has 0 aromatic carbocycles. The Labute approximate surface area is 185 Å². The molecule has 4 aromatic heterocycles. The van der Waals surface area contributed by atoms with Gasteiger partial charge in [-0.15, -0.1) is 0 Å². The third kappa shape index (κ3) is 3.68. The van der Waals surface area contributed by atoms with E-state index in [1.807, 2.05) is 27.7 Å². The summed E-state index contributed by atoms with van der Waals surface area (Å²) in [6.45, 7) is 12.0. The van der Waals surface area contributed by atoms with E-state index in [-0.39, 0.29) is 17.7 Å². The largest absolute Gasteiger partial charge is 0.464 e. The Kier molecular flexibility index (Phi) is 5.15. The van der Waals surface area contributed by atoms with Crippen molar-refractivity contribution in [2.45, 2.75) is 53.0 Å². The smallest absolute Gasteiger partial charge is 0.418 e. The van der Waals surface area contributed by atoms with Crippen LogP contribution in [0.1, 0.15) is 52.0 Å². The molecule has 10 heteroatoms.